The molecule has 0 aliphatic carbocycles. The molecule has 4 aromatic carbocycles. The van der Waals surface area contributed by atoms with E-state index in [-0.39, 0.29) is 31.2 Å². The number of aliphatic hydroxyl groups is 2. The topological polar surface area (TPSA) is 98.6 Å². The number of aliphatic hydroxyl groups excluding tert-OH is 2. The zero-order valence-electron chi connectivity index (χ0n) is 26.0. The van der Waals surface area contributed by atoms with Crippen molar-refractivity contribution in [3.63, 3.8) is 0 Å². The molecule has 0 aromatic heterocycles. The fraction of sp³-hybridized carbons (Fsp3) is 0.405. The molecular weight excluding hydrogens is 570 g/mol. The van der Waals surface area contributed by atoms with Gasteiger partial charge >= 0.3 is 0 Å². The third kappa shape index (κ3) is 9.50. The summed E-state index contributed by atoms with van der Waals surface area (Å²) in [6.45, 7) is 3.86. The predicted molar refractivity (Wildman–Crippen MR) is 175 cm³/mol. The first-order valence-electron chi connectivity index (χ1n) is 15.7. The molecule has 240 valence electrons. The first kappa shape index (κ1) is 32.9. The number of fused-ring (bicyclic) bond motifs is 1. The molecule has 8 nitrogen and oxygen atoms in total. The van der Waals surface area contributed by atoms with Gasteiger partial charge < -0.3 is 39.2 Å². The minimum absolute atomic E-state index is 0.0752. The van der Waals surface area contributed by atoms with E-state index in [0.717, 1.165) is 47.7 Å². The standard InChI is InChI=1S/C37H45NO7/c1-41-35-10-5-4-9-31(35)24-42-17-6-18-44-34-15-13-29(14-16-34)37-32(25-43-26-33(40)22-39)20-38-21-36(37)45-23-27-11-12-28-7-2-3-8-30(28)19-27/h2-5,7-16,19,32-33,36-40H,6,17-18,20-26H2,1H3. The van der Waals surface area contributed by atoms with Crippen molar-refractivity contribution in [1.82, 2.24) is 5.32 Å². The molecule has 4 unspecified atom stereocenters. The first-order valence-corrected chi connectivity index (χ1v) is 15.7. The van der Waals surface area contributed by atoms with E-state index in [0.29, 0.717) is 33.0 Å². The Balaban J connectivity index is 1.17. The lowest BCUT2D eigenvalue weighted by molar-refractivity contribution is -0.0416. The highest BCUT2D eigenvalue weighted by atomic mass is 16.5. The SMILES string of the molecule is COc1ccccc1COCCCOc1ccc(C2C(COCC(O)CO)CNCC2OCc2ccc3ccccc3c2)cc1. The molecule has 1 saturated heterocycles. The molecule has 1 aliphatic heterocycles. The normalized spacial score (nSPS) is 19.0. The van der Waals surface area contributed by atoms with Crippen LogP contribution in [0.4, 0.5) is 0 Å². The Hall–Kier alpha value is -3.50. The van der Waals surface area contributed by atoms with Gasteiger partial charge in [-0.3, -0.25) is 0 Å². The zero-order valence-corrected chi connectivity index (χ0v) is 26.0. The quantitative estimate of drug-likeness (QED) is 0.141. The summed E-state index contributed by atoms with van der Waals surface area (Å²) in [6.07, 6.45) is -0.189. The highest BCUT2D eigenvalue weighted by molar-refractivity contribution is 5.82. The van der Waals surface area contributed by atoms with Crippen LogP contribution in [0, 0.1) is 5.92 Å². The molecule has 0 amide bonds. The van der Waals surface area contributed by atoms with Gasteiger partial charge in [-0.25, -0.2) is 0 Å². The van der Waals surface area contributed by atoms with Crippen molar-refractivity contribution in [3.8, 4) is 11.5 Å². The van der Waals surface area contributed by atoms with E-state index in [1.807, 2.05) is 42.5 Å². The van der Waals surface area contributed by atoms with Gasteiger partial charge in [0.15, 0.2) is 0 Å². The van der Waals surface area contributed by atoms with Crippen LogP contribution in [-0.2, 0) is 27.4 Å². The number of methoxy groups -OCH3 is 1. The maximum Gasteiger partial charge on any atom is 0.124 e. The largest absolute Gasteiger partial charge is 0.496 e. The maximum atomic E-state index is 9.79. The van der Waals surface area contributed by atoms with Crippen LogP contribution in [-0.4, -0.2) is 75.7 Å². The molecule has 1 fully saturated rings. The average Bonchev–Trinajstić information content (AvgIpc) is 3.09. The van der Waals surface area contributed by atoms with E-state index in [1.165, 1.54) is 10.8 Å². The molecular formula is C37H45NO7. The molecule has 0 bridgehead atoms. The number of ether oxygens (including phenoxy) is 5. The van der Waals surface area contributed by atoms with Crippen molar-refractivity contribution < 1.29 is 33.9 Å². The number of para-hydroxylation sites is 1. The molecule has 4 atom stereocenters. The second kappa shape index (κ2) is 17.3. The Labute approximate surface area is 265 Å². The number of benzene rings is 4. The van der Waals surface area contributed by atoms with Crippen LogP contribution in [0.25, 0.3) is 10.8 Å². The van der Waals surface area contributed by atoms with E-state index < -0.39 is 6.10 Å². The van der Waals surface area contributed by atoms with Crippen molar-refractivity contribution in [2.75, 3.05) is 53.2 Å². The smallest absolute Gasteiger partial charge is 0.124 e. The summed E-state index contributed by atoms with van der Waals surface area (Å²) < 4.78 is 29.7. The summed E-state index contributed by atoms with van der Waals surface area (Å²) in [5.41, 5.74) is 3.32. The van der Waals surface area contributed by atoms with Crippen LogP contribution >= 0.6 is 0 Å². The highest BCUT2D eigenvalue weighted by Gasteiger charge is 2.35. The fourth-order valence-corrected chi connectivity index (χ4v) is 5.86. The van der Waals surface area contributed by atoms with Crippen molar-refractivity contribution in [1.29, 1.82) is 0 Å². The molecule has 5 rings (SSSR count). The average molecular weight is 616 g/mol. The molecule has 45 heavy (non-hydrogen) atoms. The van der Waals surface area contributed by atoms with Gasteiger partial charge in [-0.1, -0.05) is 66.7 Å². The Morgan fingerprint density at radius 1 is 0.844 bits per heavy atom. The molecule has 1 heterocycles. The number of nitrogens with one attached hydrogen (secondary N) is 1. The number of piperidine rings is 1. The van der Waals surface area contributed by atoms with Crippen LogP contribution in [0.5, 0.6) is 11.5 Å². The summed E-state index contributed by atoms with van der Waals surface area (Å²) in [4.78, 5) is 0. The Bertz CT molecular complexity index is 1450. The van der Waals surface area contributed by atoms with Crippen LogP contribution < -0.4 is 14.8 Å². The highest BCUT2D eigenvalue weighted by Crippen LogP contribution is 2.34. The van der Waals surface area contributed by atoms with Gasteiger partial charge in [0.25, 0.3) is 0 Å². The summed E-state index contributed by atoms with van der Waals surface area (Å²) in [5.74, 6) is 1.85. The lowest BCUT2D eigenvalue weighted by Gasteiger charge is -2.39. The van der Waals surface area contributed by atoms with E-state index in [4.69, 9.17) is 23.7 Å². The van der Waals surface area contributed by atoms with Crippen LogP contribution in [0.3, 0.4) is 0 Å². The van der Waals surface area contributed by atoms with Crippen LogP contribution in [0.2, 0.25) is 0 Å². The minimum atomic E-state index is -0.886. The lowest BCUT2D eigenvalue weighted by atomic mass is 9.79. The van der Waals surface area contributed by atoms with Crippen molar-refractivity contribution in [2.45, 2.75) is 37.8 Å². The Morgan fingerprint density at radius 3 is 2.47 bits per heavy atom. The van der Waals surface area contributed by atoms with Crippen LogP contribution in [0.15, 0.2) is 91.0 Å². The van der Waals surface area contributed by atoms with Crippen molar-refractivity contribution >= 4 is 10.8 Å². The maximum absolute atomic E-state index is 9.79. The third-order valence-corrected chi connectivity index (χ3v) is 8.21. The minimum Gasteiger partial charge on any atom is -0.496 e. The van der Waals surface area contributed by atoms with Gasteiger partial charge in [0.2, 0.25) is 0 Å². The van der Waals surface area contributed by atoms with E-state index in [9.17, 15) is 10.2 Å². The van der Waals surface area contributed by atoms with E-state index in [1.54, 1.807) is 7.11 Å². The van der Waals surface area contributed by atoms with Gasteiger partial charge in [0.05, 0.1) is 59.5 Å². The summed E-state index contributed by atoms with van der Waals surface area (Å²) in [5, 5.41) is 24.9. The summed E-state index contributed by atoms with van der Waals surface area (Å²) in [6, 6.07) is 30.9. The molecule has 1 aliphatic rings. The third-order valence-electron chi connectivity index (χ3n) is 8.21. The first-order chi connectivity index (χ1) is 22.1. The monoisotopic (exact) mass is 615 g/mol. The molecule has 3 N–H and O–H groups in total. The Kier molecular flexibility index (Phi) is 12.6. The van der Waals surface area contributed by atoms with E-state index >= 15 is 0 Å². The number of rotatable bonds is 17. The molecule has 4 aromatic rings. The fourth-order valence-electron chi connectivity index (χ4n) is 5.86. The van der Waals surface area contributed by atoms with E-state index in [2.05, 4.69) is 53.8 Å². The van der Waals surface area contributed by atoms with Gasteiger partial charge in [0, 0.05) is 36.9 Å². The summed E-state index contributed by atoms with van der Waals surface area (Å²) >= 11 is 0. The number of hydrogen-bond acceptors (Lipinski definition) is 8. The summed E-state index contributed by atoms with van der Waals surface area (Å²) in [7, 11) is 1.67. The molecule has 8 heteroatoms. The number of hydrogen-bond donors (Lipinski definition) is 3. The van der Waals surface area contributed by atoms with Gasteiger partial charge in [-0.05, 0) is 46.2 Å². The molecule has 0 saturated carbocycles. The van der Waals surface area contributed by atoms with Gasteiger partial charge in [-0.2, -0.15) is 0 Å². The Morgan fingerprint density at radius 2 is 1.64 bits per heavy atom. The van der Waals surface area contributed by atoms with Crippen molar-refractivity contribution in [2.24, 2.45) is 5.92 Å². The zero-order chi connectivity index (χ0) is 31.3. The molecule has 0 spiro atoms. The second-order valence-electron chi connectivity index (χ2n) is 11.5. The van der Waals surface area contributed by atoms with Gasteiger partial charge in [-0.15, -0.1) is 0 Å². The predicted octanol–water partition coefficient (Wildman–Crippen LogP) is 5.09. The molecule has 0 radical (unpaired) electrons. The lowest BCUT2D eigenvalue weighted by Crippen LogP contribution is -2.48. The van der Waals surface area contributed by atoms with Crippen LogP contribution in [0.1, 0.15) is 29.0 Å². The van der Waals surface area contributed by atoms with Crippen molar-refractivity contribution in [3.05, 3.63) is 108 Å². The second-order valence-corrected chi connectivity index (χ2v) is 11.5. The van der Waals surface area contributed by atoms with Gasteiger partial charge in [0.1, 0.15) is 17.6 Å².